The molecule has 0 saturated carbocycles. The van der Waals surface area contributed by atoms with E-state index in [-0.39, 0.29) is 43.7 Å². The monoisotopic (exact) mass is 518 g/mol. The average Bonchev–Trinajstić information content (AvgIpc) is 3.12. The molecule has 5 amide bonds. The Hall–Kier alpha value is -3.51. The van der Waals surface area contributed by atoms with Crippen molar-refractivity contribution in [1.82, 2.24) is 15.5 Å². The normalized spacial score (nSPS) is 17.3. The quantitative estimate of drug-likeness (QED) is 0.293. The Morgan fingerprint density at radius 3 is 2.51 bits per heavy atom. The van der Waals surface area contributed by atoms with Gasteiger partial charge >= 0.3 is 6.09 Å². The predicted molar refractivity (Wildman–Crippen MR) is 132 cm³/mol. The molecule has 3 rings (SSSR count). The van der Waals surface area contributed by atoms with Gasteiger partial charge in [-0.2, -0.15) is 0 Å². The number of anilines is 1. The van der Waals surface area contributed by atoms with Crippen molar-refractivity contribution in [2.24, 2.45) is 0 Å². The predicted octanol–water partition coefficient (Wildman–Crippen LogP) is 1.33. The summed E-state index contributed by atoms with van der Waals surface area (Å²) in [7, 11) is 0. The maximum atomic E-state index is 12.7. The van der Waals surface area contributed by atoms with E-state index in [4.69, 9.17) is 14.2 Å². The number of nitrogens with one attached hydrogen (secondary N) is 3. The second-order valence-corrected chi connectivity index (χ2v) is 9.72. The summed E-state index contributed by atoms with van der Waals surface area (Å²) in [4.78, 5) is 61.5. The molecule has 37 heavy (non-hydrogen) atoms. The van der Waals surface area contributed by atoms with Crippen molar-refractivity contribution in [3.05, 3.63) is 29.3 Å². The van der Waals surface area contributed by atoms with E-state index < -0.39 is 23.6 Å². The Labute approximate surface area is 215 Å². The van der Waals surface area contributed by atoms with Crippen molar-refractivity contribution >= 4 is 35.4 Å². The number of benzene rings is 1. The van der Waals surface area contributed by atoms with Crippen LogP contribution in [-0.2, 0) is 35.1 Å². The zero-order chi connectivity index (χ0) is 27.0. The minimum absolute atomic E-state index is 0.138. The zero-order valence-electron chi connectivity index (χ0n) is 21.4. The molecule has 12 nitrogen and oxygen atoms in total. The highest BCUT2D eigenvalue weighted by Gasteiger charge is 2.39. The summed E-state index contributed by atoms with van der Waals surface area (Å²) >= 11 is 0. The van der Waals surface area contributed by atoms with Gasteiger partial charge in [-0.3, -0.25) is 24.5 Å². The lowest BCUT2D eigenvalue weighted by Crippen LogP contribution is -2.52. The van der Waals surface area contributed by atoms with Crippen LogP contribution in [0.1, 0.15) is 56.0 Å². The van der Waals surface area contributed by atoms with E-state index in [2.05, 4.69) is 16.0 Å². The van der Waals surface area contributed by atoms with Crippen LogP contribution in [0.4, 0.5) is 10.5 Å². The van der Waals surface area contributed by atoms with Crippen LogP contribution in [0.15, 0.2) is 18.2 Å². The Morgan fingerprint density at radius 1 is 1.08 bits per heavy atom. The summed E-state index contributed by atoms with van der Waals surface area (Å²) in [5.74, 6) is -1.30. The molecule has 2 aliphatic rings. The topological polar surface area (TPSA) is 152 Å². The van der Waals surface area contributed by atoms with E-state index in [0.29, 0.717) is 49.6 Å². The summed E-state index contributed by atoms with van der Waals surface area (Å²) < 4.78 is 15.9. The van der Waals surface area contributed by atoms with Crippen LogP contribution >= 0.6 is 0 Å². The van der Waals surface area contributed by atoms with Crippen molar-refractivity contribution in [2.75, 3.05) is 38.3 Å². The van der Waals surface area contributed by atoms with Gasteiger partial charge in [0.2, 0.25) is 17.7 Å². The van der Waals surface area contributed by atoms with Gasteiger partial charge in [0.15, 0.2) is 0 Å². The van der Waals surface area contributed by atoms with Crippen LogP contribution in [0.5, 0.6) is 0 Å². The fourth-order valence-corrected chi connectivity index (χ4v) is 3.90. The van der Waals surface area contributed by atoms with Gasteiger partial charge in [-0.25, -0.2) is 4.79 Å². The molecular weight excluding hydrogens is 484 g/mol. The molecule has 1 unspecified atom stereocenters. The Morgan fingerprint density at radius 2 is 1.81 bits per heavy atom. The van der Waals surface area contributed by atoms with Crippen molar-refractivity contribution in [2.45, 2.75) is 58.2 Å². The number of carbonyl (C=O) groups is 5. The number of nitrogens with zero attached hydrogens (tertiary/aromatic N) is 1. The van der Waals surface area contributed by atoms with E-state index in [1.54, 1.807) is 39.0 Å². The molecular formula is C25H34N4O8. The van der Waals surface area contributed by atoms with E-state index in [1.807, 2.05) is 0 Å². The van der Waals surface area contributed by atoms with Crippen LogP contribution < -0.4 is 16.0 Å². The van der Waals surface area contributed by atoms with Gasteiger partial charge in [0.1, 0.15) is 11.6 Å². The molecule has 2 aliphatic heterocycles. The molecule has 1 aromatic carbocycles. The molecule has 202 valence electrons. The van der Waals surface area contributed by atoms with Gasteiger partial charge < -0.3 is 29.7 Å². The number of hydrogen-bond donors (Lipinski definition) is 3. The molecule has 0 bridgehead atoms. The van der Waals surface area contributed by atoms with Crippen molar-refractivity contribution in [3.8, 4) is 0 Å². The molecule has 0 radical (unpaired) electrons. The fourth-order valence-electron chi connectivity index (χ4n) is 3.90. The highest BCUT2D eigenvalue weighted by molar-refractivity contribution is 6.05. The van der Waals surface area contributed by atoms with Gasteiger partial charge in [0.25, 0.3) is 5.91 Å². The maximum Gasteiger partial charge on any atom is 0.407 e. The lowest BCUT2D eigenvalue weighted by Gasteiger charge is -2.29. The van der Waals surface area contributed by atoms with Crippen LogP contribution in [0.2, 0.25) is 0 Å². The van der Waals surface area contributed by atoms with Crippen molar-refractivity contribution in [3.63, 3.8) is 0 Å². The summed E-state index contributed by atoms with van der Waals surface area (Å²) in [6.07, 6.45) is 0.123. The largest absolute Gasteiger partial charge is 0.444 e. The number of imide groups is 1. The van der Waals surface area contributed by atoms with E-state index >= 15 is 0 Å². The van der Waals surface area contributed by atoms with Gasteiger partial charge in [-0.05, 0) is 51.0 Å². The van der Waals surface area contributed by atoms with Gasteiger partial charge in [-0.15, -0.1) is 0 Å². The summed E-state index contributed by atoms with van der Waals surface area (Å²) in [6.45, 7) is 7.05. The van der Waals surface area contributed by atoms with Gasteiger partial charge in [0, 0.05) is 30.8 Å². The second-order valence-electron chi connectivity index (χ2n) is 9.72. The Bertz CT molecular complexity index is 1040. The summed E-state index contributed by atoms with van der Waals surface area (Å²) in [5.41, 5.74) is 1.18. The first-order chi connectivity index (χ1) is 17.5. The summed E-state index contributed by atoms with van der Waals surface area (Å²) in [6, 6.07) is 4.31. The van der Waals surface area contributed by atoms with Crippen LogP contribution in [-0.4, -0.2) is 79.2 Å². The number of hydrogen-bond acceptors (Lipinski definition) is 8. The number of fused-ring (bicyclic) bond motifs is 1. The SMILES string of the molecule is CC(C)(C)OC(=O)NCCOCCOCCC(=O)Nc1ccc2c(c1)CN(C1CCC(=O)NC1=O)C2=O. The van der Waals surface area contributed by atoms with E-state index in [9.17, 15) is 24.0 Å². The Kier molecular flexibility index (Phi) is 9.59. The number of rotatable bonds is 11. The zero-order valence-corrected chi connectivity index (χ0v) is 21.4. The molecule has 1 atom stereocenters. The van der Waals surface area contributed by atoms with Crippen LogP contribution in [0.3, 0.4) is 0 Å². The number of alkyl carbamates (subject to hydrolysis) is 1. The number of ether oxygens (including phenoxy) is 3. The van der Waals surface area contributed by atoms with E-state index in [1.165, 1.54) is 4.90 Å². The molecule has 3 N–H and O–H groups in total. The first-order valence-corrected chi connectivity index (χ1v) is 12.2. The average molecular weight is 519 g/mol. The number of carbonyl (C=O) groups excluding carboxylic acids is 5. The number of piperidine rings is 1. The minimum atomic E-state index is -0.682. The second kappa shape index (κ2) is 12.6. The van der Waals surface area contributed by atoms with Crippen LogP contribution in [0, 0.1) is 0 Å². The first-order valence-electron chi connectivity index (χ1n) is 12.2. The highest BCUT2D eigenvalue weighted by atomic mass is 16.6. The standard InChI is InChI=1S/C25H34N4O8/c1-25(2,3)37-24(34)26-9-11-36-13-12-35-10-8-21(31)27-17-4-5-18-16(14-17)15-29(23(18)33)19-6-7-20(30)28-22(19)32/h4-5,14,19H,6-13,15H2,1-3H3,(H,26,34)(H,27,31)(H,28,30,32). The lowest BCUT2D eigenvalue weighted by atomic mass is 10.0. The lowest BCUT2D eigenvalue weighted by molar-refractivity contribution is -0.137. The molecule has 1 saturated heterocycles. The van der Waals surface area contributed by atoms with Crippen LogP contribution in [0.25, 0.3) is 0 Å². The maximum absolute atomic E-state index is 12.7. The van der Waals surface area contributed by atoms with Gasteiger partial charge in [0.05, 0.1) is 32.8 Å². The van der Waals surface area contributed by atoms with E-state index in [0.717, 1.165) is 0 Å². The molecule has 1 aromatic rings. The third kappa shape index (κ3) is 8.53. The first kappa shape index (κ1) is 28.1. The van der Waals surface area contributed by atoms with Crippen molar-refractivity contribution < 1.29 is 38.2 Å². The number of amides is 5. The molecule has 0 aliphatic carbocycles. The molecule has 0 aromatic heterocycles. The minimum Gasteiger partial charge on any atom is -0.444 e. The third-order valence-electron chi connectivity index (χ3n) is 5.57. The summed E-state index contributed by atoms with van der Waals surface area (Å²) in [5, 5.41) is 7.65. The molecule has 1 fully saturated rings. The van der Waals surface area contributed by atoms with Crippen molar-refractivity contribution in [1.29, 1.82) is 0 Å². The molecule has 2 heterocycles. The molecule has 12 heteroatoms. The van der Waals surface area contributed by atoms with Gasteiger partial charge in [-0.1, -0.05) is 0 Å². The molecule has 0 spiro atoms. The fraction of sp³-hybridized carbons (Fsp3) is 0.560. The Balaban J connectivity index is 1.31. The smallest absolute Gasteiger partial charge is 0.407 e. The highest BCUT2D eigenvalue weighted by Crippen LogP contribution is 2.29. The third-order valence-corrected chi connectivity index (χ3v) is 5.57.